The zero-order chi connectivity index (χ0) is 15.3. The monoisotopic (exact) mass is 285 g/mol. The van der Waals surface area contributed by atoms with E-state index < -0.39 is 5.60 Å². The van der Waals surface area contributed by atoms with Crippen molar-refractivity contribution in [2.75, 3.05) is 6.54 Å². The van der Waals surface area contributed by atoms with Crippen molar-refractivity contribution in [2.45, 2.75) is 51.7 Å². The van der Waals surface area contributed by atoms with Crippen LogP contribution in [0.3, 0.4) is 0 Å². The Kier molecular flexibility index (Phi) is 4.90. The lowest BCUT2D eigenvalue weighted by molar-refractivity contribution is 0.0158. The molecule has 0 saturated carbocycles. The standard InChI is InChI=1S/C18H23NO2/c1-18(2,3)21-17(20)19-14-8-7-11-16(19)13-12-15-9-5-4-6-10-15/h4-6,9-10,16H,7-8,11,14H2,1-3H3. The van der Waals surface area contributed by atoms with E-state index in [1.54, 1.807) is 4.90 Å². The van der Waals surface area contributed by atoms with Gasteiger partial charge in [0.1, 0.15) is 5.60 Å². The summed E-state index contributed by atoms with van der Waals surface area (Å²) in [5.41, 5.74) is 0.513. The van der Waals surface area contributed by atoms with Crippen molar-refractivity contribution in [3.63, 3.8) is 0 Å². The minimum atomic E-state index is -0.466. The van der Waals surface area contributed by atoms with E-state index in [-0.39, 0.29) is 12.1 Å². The van der Waals surface area contributed by atoms with Crippen LogP contribution in [-0.4, -0.2) is 29.2 Å². The van der Waals surface area contributed by atoms with Gasteiger partial charge in [0.25, 0.3) is 0 Å². The molecule has 3 heteroatoms. The number of ether oxygens (including phenoxy) is 1. The zero-order valence-corrected chi connectivity index (χ0v) is 13.1. The maximum absolute atomic E-state index is 12.3. The molecule has 1 aliphatic rings. The Labute approximate surface area is 127 Å². The predicted molar refractivity (Wildman–Crippen MR) is 83.9 cm³/mol. The highest BCUT2D eigenvalue weighted by Gasteiger charge is 2.29. The van der Waals surface area contributed by atoms with Crippen molar-refractivity contribution in [3.05, 3.63) is 35.9 Å². The van der Waals surface area contributed by atoms with Crippen molar-refractivity contribution in [1.29, 1.82) is 0 Å². The van der Waals surface area contributed by atoms with Crippen LogP contribution in [0, 0.1) is 11.8 Å². The molecule has 1 aromatic rings. The second-order valence-electron chi connectivity index (χ2n) is 6.32. The maximum atomic E-state index is 12.3. The molecule has 1 fully saturated rings. The third-order valence-electron chi connectivity index (χ3n) is 3.29. The quantitative estimate of drug-likeness (QED) is 0.678. The SMILES string of the molecule is CC(C)(C)OC(=O)N1CCCCC1C#Cc1ccccc1. The van der Waals surface area contributed by atoms with E-state index in [1.165, 1.54) is 0 Å². The highest BCUT2D eigenvalue weighted by molar-refractivity contribution is 5.69. The third-order valence-corrected chi connectivity index (χ3v) is 3.29. The summed E-state index contributed by atoms with van der Waals surface area (Å²) in [5, 5.41) is 0. The number of carbonyl (C=O) groups excluding carboxylic acids is 1. The van der Waals surface area contributed by atoms with Gasteiger partial charge < -0.3 is 4.74 Å². The van der Waals surface area contributed by atoms with E-state index in [4.69, 9.17) is 4.74 Å². The Morgan fingerprint density at radius 3 is 2.62 bits per heavy atom. The number of piperidine rings is 1. The Balaban J connectivity index is 2.09. The molecule has 112 valence electrons. The molecule has 2 rings (SSSR count). The molecule has 0 aliphatic carbocycles. The van der Waals surface area contributed by atoms with E-state index in [2.05, 4.69) is 11.8 Å². The molecule has 0 N–H and O–H groups in total. The highest BCUT2D eigenvalue weighted by Crippen LogP contribution is 2.20. The molecule has 21 heavy (non-hydrogen) atoms. The molecule has 1 heterocycles. The second-order valence-corrected chi connectivity index (χ2v) is 6.32. The molecule has 0 radical (unpaired) electrons. The van der Waals surface area contributed by atoms with Gasteiger partial charge in [-0.05, 0) is 52.2 Å². The Bertz CT molecular complexity index is 534. The van der Waals surface area contributed by atoms with Gasteiger partial charge in [0, 0.05) is 12.1 Å². The smallest absolute Gasteiger partial charge is 0.411 e. The van der Waals surface area contributed by atoms with Gasteiger partial charge in [-0.25, -0.2) is 4.79 Å². The average molecular weight is 285 g/mol. The van der Waals surface area contributed by atoms with E-state index >= 15 is 0 Å². The van der Waals surface area contributed by atoms with Gasteiger partial charge in [-0.1, -0.05) is 30.0 Å². The zero-order valence-electron chi connectivity index (χ0n) is 13.1. The minimum Gasteiger partial charge on any atom is -0.444 e. The fourth-order valence-electron chi connectivity index (χ4n) is 2.31. The van der Waals surface area contributed by atoms with Crippen molar-refractivity contribution in [1.82, 2.24) is 4.90 Å². The van der Waals surface area contributed by atoms with Crippen LogP contribution in [-0.2, 0) is 4.74 Å². The minimum absolute atomic E-state index is 0.0474. The fourth-order valence-corrected chi connectivity index (χ4v) is 2.31. The highest BCUT2D eigenvalue weighted by atomic mass is 16.6. The molecular weight excluding hydrogens is 262 g/mol. The first-order valence-electron chi connectivity index (χ1n) is 7.52. The molecule has 0 bridgehead atoms. The Hall–Kier alpha value is -1.95. The molecule has 0 aromatic heterocycles. The van der Waals surface area contributed by atoms with Crippen LogP contribution in [0.1, 0.15) is 45.6 Å². The van der Waals surface area contributed by atoms with Crippen LogP contribution in [0.2, 0.25) is 0 Å². The van der Waals surface area contributed by atoms with Crippen LogP contribution in [0.25, 0.3) is 0 Å². The number of hydrogen-bond donors (Lipinski definition) is 0. The number of rotatable bonds is 0. The molecule has 0 spiro atoms. The summed E-state index contributed by atoms with van der Waals surface area (Å²) < 4.78 is 5.48. The summed E-state index contributed by atoms with van der Waals surface area (Å²) in [5.74, 6) is 6.39. The van der Waals surface area contributed by atoms with Crippen LogP contribution in [0.5, 0.6) is 0 Å². The first-order valence-corrected chi connectivity index (χ1v) is 7.52. The van der Waals surface area contributed by atoms with Crippen LogP contribution in [0.4, 0.5) is 4.79 Å². The van der Waals surface area contributed by atoms with Gasteiger partial charge in [-0.15, -0.1) is 0 Å². The van der Waals surface area contributed by atoms with Crippen molar-refractivity contribution in [2.24, 2.45) is 0 Å². The topological polar surface area (TPSA) is 29.5 Å². The molecule has 1 saturated heterocycles. The van der Waals surface area contributed by atoms with Gasteiger partial charge in [-0.3, -0.25) is 4.90 Å². The van der Waals surface area contributed by atoms with E-state index in [0.29, 0.717) is 0 Å². The molecule has 1 aliphatic heterocycles. The van der Waals surface area contributed by atoms with E-state index in [1.807, 2.05) is 51.1 Å². The van der Waals surface area contributed by atoms with Gasteiger partial charge >= 0.3 is 6.09 Å². The van der Waals surface area contributed by atoms with Crippen molar-refractivity contribution in [3.8, 4) is 11.8 Å². The lowest BCUT2D eigenvalue weighted by Gasteiger charge is -2.34. The third kappa shape index (κ3) is 4.82. The van der Waals surface area contributed by atoms with Gasteiger partial charge in [0.2, 0.25) is 0 Å². The summed E-state index contributed by atoms with van der Waals surface area (Å²) in [7, 11) is 0. The number of carbonyl (C=O) groups is 1. The fraction of sp³-hybridized carbons (Fsp3) is 0.500. The number of nitrogens with zero attached hydrogens (tertiary/aromatic N) is 1. The van der Waals surface area contributed by atoms with Crippen LogP contribution >= 0.6 is 0 Å². The van der Waals surface area contributed by atoms with Crippen molar-refractivity contribution < 1.29 is 9.53 Å². The first-order chi connectivity index (χ1) is 9.96. The summed E-state index contributed by atoms with van der Waals surface area (Å²) in [6.45, 7) is 6.39. The maximum Gasteiger partial charge on any atom is 0.411 e. The molecule has 1 aromatic carbocycles. The molecule has 1 atom stereocenters. The average Bonchev–Trinajstić information content (AvgIpc) is 2.45. The largest absolute Gasteiger partial charge is 0.444 e. The van der Waals surface area contributed by atoms with Crippen LogP contribution < -0.4 is 0 Å². The Morgan fingerprint density at radius 1 is 1.24 bits per heavy atom. The second kappa shape index (κ2) is 6.67. The summed E-state index contributed by atoms with van der Waals surface area (Å²) >= 11 is 0. The van der Waals surface area contributed by atoms with E-state index in [0.717, 1.165) is 31.4 Å². The summed E-state index contributed by atoms with van der Waals surface area (Å²) in [6, 6.07) is 9.82. The molecule has 3 nitrogen and oxygen atoms in total. The lowest BCUT2D eigenvalue weighted by Crippen LogP contribution is -2.45. The normalized spacial score (nSPS) is 18.6. The summed E-state index contributed by atoms with van der Waals surface area (Å²) in [6.07, 6.45) is 2.78. The molecule has 1 unspecified atom stereocenters. The molecular formula is C18H23NO2. The first kappa shape index (κ1) is 15.4. The number of benzene rings is 1. The van der Waals surface area contributed by atoms with Crippen molar-refractivity contribution >= 4 is 6.09 Å². The lowest BCUT2D eigenvalue weighted by atomic mass is 10.0. The molecule has 1 amide bonds. The Morgan fingerprint density at radius 2 is 1.95 bits per heavy atom. The van der Waals surface area contributed by atoms with E-state index in [9.17, 15) is 4.79 Å². The summed E-state index contributed by atoms with van der Waals surface area (Å²) in [4.78, 5) is 14.0. The van der Waals surface area contributed by atoms with Gasteiger partial charge in [0.15, 0.2) is 0 Å². The number of likely N-dealkylation sites (tertiary alicyclic amines) is 1. The van der Waals surface area contributed by atoms with Crippen LogP contribution in [0.15, 0.2) is 30.3 Å². The predicted octanol–water partition coefficient (Wildman–Crippen LogP) is 3.83. The van der Waals surface area contributed by atoms with Gasteiger partial charge in [-0.2, -0.15) is 0 Å². The number of hydrogen-bond acceptors (Lipinski definition) is 2. The van der Waals surface area contributed by atoms with Gasteiger partial charge in [0.05, 0.1) is 6.04 Å². The number of amides is 1.